The van der Waals surface area contributed by atoms with Crippen LogP contribution in [0.1, 0.15) is 38.7 Å². The fraction of sp³-hybridized carbons (Fsp3) is 0.571. The van der Waals surface area contributed by atoms with E-state index in [9.17, 15) is 5.11 Å². The SMILES string of the molecule is CCOc1cccc(C(O)(CC)C2CC2)c1. The predicted octanol–water partition coefficient (Wildman–Crippen LogP) is 3.09. The predicted molar refractivity (Wildman–Crippen MR) is 64.5 cm³/mol. The zero-order chi connectivity index (χ0) is 11.6. The van der Waals surface area contributed by atoms with Crippen LogP contribution in [0.2, 0.25) is 0 Å². The Morgan fingerprint density at radius 3 is 2.69 bits per heavy atom. The summed E-state index contributed by atoms with van der Waals surface area (Å²) in [4.78, 5) is 0. The first-order valence-electron chi connectivity index (χ1n) is 6.16. The molecule has 0 spiro atoms. The average Bonchev–Trinajstić information content (AvgIpc) is 3.13. The second kappa shape index (κ2) is 4.46. The summed E-state index contributed by atoms with van der Waals surface area (Å²) in [6, 6.07) is 7.88. The Morgan fingerprint density at radius 2 is 2.12 bits per heavy atom. The number of hydrogen-bond acceptors (Lipinski definition) is 2. The van der Waals surface area contributed by atoms with Crippen molar-refractivity contribution < 1.29 is 9.84 Å². The molecule has 88 valence electrons. The first kappa shape index (κ1) is 11.5. The van der Waals surface area contributed by atoms with E-state index in [2.05, 4.69) is 0 Å². The third-order valence-electron chi connectivity index (χ3n) is 3.44. The molecule has 2 nitrogen and oxygen atoms in total. The van der Waals surface area contributed by atoms with Gasteiger partial charge in [0.2, 0.25) is 0 Å². The molecule has 2 rings (SSSR count). The van der Waals surface area contributed by atoms with Crippen molar-refractivity contribution in [3.8, 4) is 5.75 Å². The highest BCUT2D eigenvalue weighted by molar-refractivity contribution is 5.33. The molecule has 1 aromatic rings. The van der Waals surface area contributed by atoms with Crippen LogP contribution < -0.4 is 4.74 Å². The van der Waals surface area contributed by atoms with Gasteiger partial charge in [-0.25, -0.2) is 0 Å². The molecule has 1 aliphatic rings. The fourth-order valence-corrected chi connectivity index (χ4v) is 2.31. The Balaban J connectivity index is 2.27. The molecular formula is C14H20O2. The van der Waals surface area contributed by atoms with Crippen molar-refractivity contribution in [2.75, 3.05) is 6.61 Å². The highest BCUT2D eigenvalue weighted by Gasteiger charge is 2.43. The van der Waals surface area contributed by atoms with Crippen molar-refractivity contribution in [1.82, 2.24) is 0 Å². The molecule has 16 heavy (non-hydrogen) atoms. The number of aliphatic hydroxyl groups is 1. The average molecular weight is 220 g/mol. The highest BCUT2D eigenvalue weighted by Crippen LogP contribution is 2.48. The lowest BCUT2D eigenvalue weighted by Crippen LogP contribution is -2.27. The summed E-state index contributed by atoms with van der Waals surface area (Å²) in [6.07, 6.45) is 3.06. The minimum Gasteiger partial charge on any atom is -0.494 e. The van der Waals surface area contributed by atoms with Gasteiger partial charge in [-0.3, -0.25) is 0 Å². The van der Waals surface area contributed by atoms with E-state index in [0.717, 1.165) is 30.6 Å². The smallest absolute Gasteiger partial charge is 0.119 e. The highest BCUT2D eigenvalue weighted by atomic mass is 16.5. The van der Waals surface area contributed by atoms with Gasteiger partial charge >= 0.3 is 0 Å². The van der Waals surface area contributed by atoms with Crippen molar-refractivity contribution in [3.05, 3.63) is 29.8 Å². The van der Waals surface area contributed by atoms with Crippen LogP contribution in [0.25, 0.3) is 0 Å². The van der Waals surface area contributed by atoms with Gasteiger partial charge in [-0.05, 0) is 49.8 Å². The van der Waals surface area contributed by atoms with Crippen molar-refractivity contribution in [1.29, 1.82) is 0 Å². The molecular weight excluding hydrogens is 200 g/mol. The largest absolute Gasteiger partial charge is 0.494 e. The second-order valence-electron chi connectivity index (χ2n) is 4.51. The summed E-state index contributed by atoms with van der Waals surface area (Å²) >= 11 is 0. The Hall–Kier alpha value is -1.02. The van der Waals surface area contributed by atoms with E-state index in [1.165, 1.54) is 0 Å². The molecule has 1 saturated carbocycles. The monoisotopic (exact) mass is 220 g/mol. The molecule has 1 fully saturated rings. The first-order chi connectivity index (χ1) is 7.70. The van der Waals surface area contributed by atoms with Crippen molar-refractivity contribution in [3.63, 3.8) is 0 Å². The van der Waals surface area contributed by atoms with E-state index >= 15 is 0 Å². The van der Waals surface area contributed by atoms with Gasteiger partial charge in [0.1, 0.15) is 5.75 Å². The minimum atomic E-state index is -0.646. The van der Waals surface area contributed by atoms with Crippen molar-refractivity contribution >= 4 is 0 Å². The third kappa shape index (κ3) is 2.07. The maximum Gasteiger partial charge on any atom is 0.119 e. The quantitative estimate of drug-likeness (QED) is 0.826. The molecule has 1 unspecified atom stereocenters. The van der Waals surface area contributed by atoms with Gasteiger partial charge in [0.15, 0.2) is 0 Å². The molecule has 0 radical (unpaired) electrons. The minimum absolute atomic E-state index is 0.439. The normalized spacial score (nSPS) is 19.2. The van der Waals surface area contributed by atoms with E-state index in [1.54, 1.807) is 0 Å². The number of benzene rings is 1. The topological polar surface area (TPSA) is 29.5 Å². The Labute approximate surface area is 97.3 Å². The fourth-order valence-electron chi connectivity index (χ4n) is 2.31. The van der Waals surface area contributed by atoms with Crippen LogP contribution in [0, 0.1) is 5.92 Å². The molecule has 1 aromatic carbocycles. The third-order valence-corrected chi connectivity index (χ3v) is 3.44. The maximum atomic E-state index is 10.7. The Kier molecular flexibility index (Phi) is 3.20. The van der Waals surface area contributed by atoms with E-state index in [0.29, 0.717) is 12.5 Å². The molecule has 1 atom stereocenters. The van der Waals surface area contributed by atoms with Gasteiger partial charge in [-0.15, -0.1) is 0 Å². The zero-order valence-corrected chi connectivity index (χ0v) is 10.1. The van der Waals surface area contributed by atoms with Crippen molar-refractivity contribution in [2.24, 2.45) is 5.92 Å². The van der Waals surface area contributed by atoms with Gasteiger partial charge in [-0.2, -0.15) is 0 Å². The Morgan fingerprint density at radius 1 is 1.38 bits per heavy atom. The van der Waals surface area contributed by atoms with Crippen LogP contribution >= 0.6 is 0 Å². The molecule has 2 heteroatoms. The lowest BCUT2D eigenvalue weighted by atomic mass is 9.86. The molecule has 0 heterocycles. The van der Waals surface area contributed by atoms with E-state index in [4.69, 9.17) is 4.74 Å². The van der Waals surface area contributed by atoms with Gasteiger partial charge in [0.25, 0.3) is 0 Å². The first-order valence-corrected chi connectivity index (χ1v) is 6.16. The summed E-state index contributed by atoms with van der Waals surface area (Å²) in [5.74, 6) is 1.29. The molecule has 1 N–H and O–H groups in total. The second-order valence-corrected chi connectivity index (χ2v) is 4.51. The molecule has 0 bridgehead atoms. The summed E-state index contributed by atoms with van der Waals surface area (Å²) in [5.41, 5.74) is 0.357. The van der Waals surface area contributed by atoms with Crippen LogP contribution in [0.15, 0.2) is 24.3 Å². The Bertz CT molecular complexity index is 358. The van der Waals surface area contributed by atoms with E-state index < -0.39 is 5.60 Å². The van der Waals surface area contributed by atoms with Gasteiger partial charge < -0.3 is 9.84 Å². The molecule has 0 aliphatic heterocycles. The summed E-state index contributed by atoms with van der Waals surface area (Å²) in [7, 11) is 0. The van der Waals surface area contributed by atoms with Crippen LogP contribution in [0.3, 0.4) is 0 Å². The number of hydrogen-bond donors (Lipinski definition) is 1. The lowest BCUT2D eigenvalue weighted by molar-refractivity contribution is 0.00869. The van der Waals surface area contributed by atoms with E-state index in [1.807, 2.05) is 38.1 Å². The van der Waals surface area contributed by atoms with Gasteiger partial charge in [-0.1, -0.05) is 19.1 Å². The molecule has 0 saturated heterocycles. The van der Waals surface area contributed by atoms with Gasteiger partial charge in [0, 0.05) is 0 Å². The summed E-state index contributed by atoms with van der Waals surface area (Å²) in [6.45, 7) is 4.68. The number of rotatable bonds is 5. The zero-order valence-electron chi connectivity index (χ0n) is 10.1. The van der Waals surface area contributed by atoms with Crippen LogP contribution in [0.5, 0.6) is 5.75 Å². The van der Waals surface area contributed by atoms with Gasteiger partial charge in [0.05, 0.1) is 12.2 Å². The summed E-state index contributed by atoms with van der Waals surface area (Å²) in [5, 5.41) is 10.7. The van der Waals surface area contributed by atoms with Crippen molar-refractivity contribution in [2.45, 2.75) is 38.7 Å². The maximum absolute atomic E-state index is 10.7. The van der Waals surface area contributed by atoms with Crippen LogP contribution in [-0.4, -0.2) is 11.7 Å². The standard InChI is InChI=1S/C14H20O2/c1-3-14(15,11-8-9-11)12-6-5-7-13(10-12)16-4-2/h5-7,10-11,15H,3-4,8-9H2,1-2H3. The summed E-state index contributed by atoms with van der Waals surface area (Å²) < 4.78 is 5.48. The number of ether oxygens (including phenoxy) is 1. The van der Waals surface area contributed by atoms with Crippen LogP contribution in [0.4, 0.5) is 0 Å². The molecule has 1 aliphatic carbocycles. The lowest BCUT2D eigenvalue weighted by Gasteiger charge is -2.27. The molecule has 0 amide bonds. The van der Waals surface area contributed by atoms with E-state index in [-0.39, 0.29) is 0 Å². The molecule has 0 aromatic heterocycles. The van der Waals surface area contributed by atoms with Crippen LogP contribution in [-0.2, 0) is 5.60 Å².